The molecule has 0 aromatic heterocycles. The average molecular weight is 435 g/mol. The highest BCUT2D eigenvalue weighted by Gasteiger charge is 2.22. The lowest BCUT2D eigenvalue weighted by Crippen LogP contribution is -2.48. The fraction of sp³-hybridized carbons (Fsp3) is 0.286. The Labute approximate surface area is 179 Å². The van der Waals surface area contributed by atoms with Crippen LogP contribution in [0.15, 0.2) is 48.5 Å². The van der Waals surface area contributed by atoms with E-state index in [4.69, 9.17) is 36.1 Å². The first-order valence-electron chi connectivity index (χ1n) is 9.17. The molecule has 30 heavy (non-hydrogen) atoms. The summed E-state index contributed by atoms with van der Waals surface area (Å²) < 4.78 is 5.20. The maximum atomic E-state index is 12.6. The number of piperazine rings is 1. The summed E-state index contributed by atoms with van der Waals surface area (Å²) in [5, 5.41) is 15.6. The highest BCUT2D eigenvalue weighted by Crippen LogP contribution is 2.19. The number of hydrogen-bond acceptors (Lipinski definition) is 5. The summed E-state index contributed by atoms with van der Waals surface area (Å²) in [6.45, 7) is 3.96. The smallest absolute Gasteiger partial charge is 0.414 e. The molecule has 1 aliphatic rings. The van der Waals surface area contributed by atoms with Crippen molar-refractivity contribution in [3.63, 3.8) is 0 Å². The lowest BCUT2D eigenvalue weighted by molar-refractivity contribution is -0.159. The fourth-order valence-electron chi connectivity index (χ4n) is 2.92. The predicted molar refractivity (Wildman–Crippen MR) is 111 cm³/mol. The van der Waals surface area contributed by atoms with Crippen LogP contribution in [0.4, 0.5) is 0 Å². The molecule has 0 radical (unpaired) electrons. The molecule has 0 atom stereocenters. The molecule has 9 heteroatoms. The van der Waals surface area contributed by atoms with Crippen molar-refractivity contribution in [1.29, 1.82) is 0 Å². The minimum absolute atomic E-state index is 0.0614. The van der Waals surface area contributed by atoms with Gasteiger partial charge in [-0.1, -0.05) is 35.9 Å². The second kappa shape index (κ2) is 11.2. The molecule has 2 aromatic carbocycles. The highest BCUT2D eigenvalue weighted by molar-refractivity contribution is 6.31. The van der Waals surface area contributed by atoms with Crippen LogP contribution in [0.3, 0.4) is 0 Å². The summed E-state index contributed by atoms with van der Waals surface area (Å²) >= 11 is 6.23. The van der Waals surface area contributed by atoms with E-state index in [1.807, 2.05) is 41.3 Å². The molecule has 1 amide bonds. The van der Waals surface area contributed by atoms with E-state index in [1.165, 1.54) is 0 Å². The van der Waals surface area contributed by atoms with Gasteiger partial charge in [-0.05, 0) is 29.8 Å². The van der Waals surface area contributed by atoms with Crippen molar-refractivity contribution in [2.45, 2.75) is 6.54 Å². The van der Waals surface area contributed by atoms with Crippen molar-refractivity contribution in [3.05, 3.63) is 64.7 Å². The number of halogens is 1. The number of rotatable bonds is 4. The fourth-order valence-corrected chi connectivity index (χ4v) is 3.11. The zero-order valence-electron chi connectivity index (χ0n) is 16.5. The summed E-state index contributed by atoms with van der Waals surface area (Å²) in [6.07, 6.45) is 0. The molecule has 8 nitrogen and oxygen atoms in total. The van der Waals surface area contributed by atoms with E-state index in [-0.39, 0.29) is 5.91 Å². The first-order valence-corrected chi connectivity index (χ1v) is 9.55. The van der Waals surface area contributed by atoms with Crippen LogP contribution in [0.25, 0.3) is 0 Å². The molecular weight excluding hydrogens is 412 g/mol. The molecule has 160 valence electrons. The molecule has 0 aliphatic carbocycles. The molecule has 1 aliphatic heterocycles. The van der Waals surface area contributed by atoms with Crippen molar-refractivity contribution in [1.82, 2.24) is 9.80 Å². The van der Waals surface area contributed by atoms with Crippen molar-refractivity contribution < 1.29 is 29.3 Å². The second-order valence-electron chi connectivity index (χ2n) is 6.50. The van der Waals surface area contributed by atoms with Gasteiger partial charge in [0.15, 0.2) is 0 Å². The molecule has 0 saturated carbocycles. The number of aliphatic carboxylic acids is 2. The second-order valence-corrected chi connectivity index (χ2v) is 6.91. The summed E-state index contributed by atoms with van der Waals surface area (Å²) in [4.78, 5) is 35.0. The third-order valence-corrected chi connectivity index (χ3v) is 4.88. The van der Waals surface area contributed by atoms with Crippen LogP contribution in [0.2, 0.25) is 5.02 Å². The maximum absolute atomic E-state index is 12.6. The standard InChI is InChI=1S/C19H21ClN2O2.C2H2O4/c1-24-17-7-4-6-15(13-17)19(23)22-11-9-21(10-12-22)14-16-5-2-3-8-18(16)20;3-1(4)2(5)6/h2-8,13H,9-12,14H2,1H3;(H,3,4)(H,5,6). The Morgan fingerprint density at radius 1 is 0.967 bits per heavy atom. The predicted octanol–water partition coefficient (Wildman–Crippen LogP) is 2.46. The van der Waals surface area contributed by atoms with Gasteiger partial charge >= 0.3 is 11.9 Å². The number of carboxylic acid groups (broad SMARTS) is 2. The van der Waals surface area contributed by atoms with Crippen LogP contribution in [0, 0.1) is 0 Å². The molecule has 3 rings (SSSR count). The number of nitrogens with zero attached hydrogens (tertiary/aromatic N) is 2. The first kappa shape index (κ1) is 23.2. The molecule has 0 unspecified atom stereocenters. The number of carbonyl (C=O) groups is 3. The molecule has 1 saturated heterocycles. The number of methoxy groups -OCH3 is 1. The average Bonchev–Trinajstić information content (AvgIpc) is 2.76. The van der Waals surface area contributed by atoms with E-state index < -0.39 is 11.9 Å². The zero-order valence-corrected chi connectivity index (χ0v) is 17.2. The van der Waals surface area contributed by atoms with Gasteiger partial charge in [-0.2, -0.15) is 0 Å². The SMILES string of the molecule is COc1cccc(C(=O)N2CCN(Cc3ccccc3Cl)CC2)c1.O=C(O)C(=O)O. The Kier molecular flexibility index (Phi) is 8.64. The summed E-state index contributed by atoms with van der Waals surface area (Å²) in [5.41, 5.74) is 1.81. The number of benzene rings is 2. The number of ether oxygens (including phenoxy) is 1. The van der Waals surface area contributed by atoms with E-state index in [0.29, 0.717) is 11.3 Å². The number of carbonyl (C=O) groups excluding carboxylic acids is 1. The van der Waals surface area contributed by atoms with E-state index >= 15 is 0 Å². The zero-order chi connectivity index (χ0) is 22.1. The Morgan fingerprint density at radius 3 is 2.17 bits per heavy atom. The normalized spacial score (nSPS) is 13.7. The summed E-state index contributed by atoms with van der Waals surface area (Å²) in [6, 6.07) is 15.2. The van der Waals surface area contributed by atoms with Gasteiger partial charge in [-0.25, -0.2) is 9.59 Å². The van der Waals surface area contributed by atoms with Gasteiger partial charge in [-0.3, -0.25) is 9.69 Å². The lowest BCUT2D eigenvalue weighted by atomic mass is 10.1. The highest BCUT2D eigenvalue weighted by atomic mass is 35.5. The topological polar surface area (TPSA) is 107 Å². The summed E-state index contributed by atoms with van der Waals surface area (Å²) in [7, 11) is 1.61. The Bertz CT molecular complexity index is 885. The van der Waals surface area contributed by atoms with Crippen molar-refractivity contribution in [2.24, 2.45) is 0 Å². The lowest BCUT2D eigenvalue weighted by Gasteiger charge is -2.35. The molecule has 2 aromatic rings. The van der Waals surface area contributed by atoms with Gasteiger partial charge in [0.2, 0.25) is 0 Å². The largest absolute Gasteiger partial charge is 0.497 e. The van der Waals surface area contributed by atoms with Crippen molar-refractivity contribution >= 4 is 29.4 Å². The molecule has 1 fully saturated rings. The molecule has 0 bridgehead atoms. The van der Waals surface area contributed by atoms with Crippen LogP contribution < -0.4 is 4.74 Å². The minimum Gasteiger partial charge on any atom is -0.497 e. The number of amides is 1. The van der Waals surface area contributed by atoms with Crippen LogP contribution in [-0.2, 0) is 16.1 Å². The number of carboxylic acids is 2. The minimum atomic E-state index is -1.82. The van der Waals surface area contributed by atoms with E-state index in [9.17, 15) is 4.79 Å². The Morgan fingerprint density at radius 2 is 1.60 bits per heavy atom. The first-order chi connectivity index (χ1) is 14.3. The van der Waals surface area contributed by atoms with E-state index in [1.54, 1.807) is 13.2 Å². The molecule has 1 heterocycles. The quantitative estimate of drug-likeness (QED) is 0.711. The maximum Gasteiger partial charge on any atom is 0.414 e. The molecular formula is C21H23ClN2O6. The Balaban J connectivity index is 0.000000469. The van der Waals surface area contributed by atoms with Gasteiger partial charge in [0.25, 0.3) is 5.91 Å². The number of hydrogen-bond donors (Lipinski definition) is 2. The van der Waals surface area contributed by atoms with Gasteiger partial charge < -0.3 is 19.8 Å². The third-order valence-electron chi connectivity index (χ3n) is 4.51. The van der Waals surface area contributed by atoms with Crippen LogP contribution in [0.1, 0.15) is 15.9 Å². The van der Waals surface area contributed by atoms with Gasteiger partial charge in [-0.15, -0.1) is 0 Å². The monoisotopic (exact) mass is 434 g/mol. The van der Waals surface area contributed by atoms with E-state index in [2.05, 4.69) is 11.0 Å². The van der Waals surface area contributed by atoms with Crippen molar-refractivity contribution in [2.75, 3.05) is 33.3 Å². The summed E-state index contributed by atoms with van der Waals surface area (Å²) in [5.74, 6) is -2.88. The van der Waals surface area contributed by atoms with Gasteiger partial charge in [0.05, 0.1) is 7.11 Å². The van der Waals surface area contributed by atoms with Crippen molar-refractivity contribution in [3.8, 4) is 5.75 Å². The van der Waals surface area contributed by atoms with Crippen LogP contribution in [-0.4, -0.2) is 71.1 Å². The van der Waals surface area contributed by atoms with Crippen LogP contribution >= 0.6 is 11.6 Å². The third kappa shape index (κ3) is 6.75. The van der Waals surface area contributed by atoms with E-state index in [0.717, 1.165) is 43.3 Å². The molecule has 0 spiro atoms. The van der Waals surface area contributed by atoms with Gasteiger partial charge in [0.1, 0.15) is 5.75 Å². The van der Waals surface area contributed by atoms with Crippen LogP contribution in [0.5, 0.6) is 5.75 Å². The van der Waals surface area contributed by atoms with Gasteiger partial charge in [0, 0.05) is 43.3 Å². The molecule has 2 N–H and O–H groups in total. The Hall–Kier alpha value is -3.10.